The summed E-state index contributed by atoms with van der Waals surface area (Å²) in [5.74, 6) is -1.04. The molecular weight excluding hydrogens is 378 g/mol. The van der Waals surface area contributed by atoms with Crippen LogP contribution in [0.2, 0.25) is 0 Å². The number of likely N-dealkylation sites (tertiary alicyclic amines) is 1. The van der Waals surface area contributed by atoms with Crippen LogP contribution in [0.1, 0.15) is 44.1 Å². The summed E-state index contributed by atoms with van der Waals surface area (Å²) in [6, 6.07) is 13.5. The van der Waals surface area contributed by atoms with Crippen molar-refractivity contribution in [2.45, 2.75) is 51.0 Å². The third kappa shape index (κ3) is 5.25. The van der Waals surface area contributed by atoms with Gasteiger partial charge in [-0.2, -0.15) is 0 Å². The quantitative estimate of drug-likeness (QED) is 0.588. The molecular formula is C24H31N3O3. The van der Waals surface area contributed by atoms with Crippen LogP contribution in [0.25, 0.3) is 10.8 Å². The van der Waals surface area contributed by atoms with Crippen LogP contribution < -0.4 is 11.5 Å². The van der Waals surface area contributed by atoms with E-state index in [0.717, 1.165) is 35.6 Å². The van der Waals surface area contributed by atoms with E-state index < -0.39 is 17.9 Å². The number of carbonyl (C=O) groups excluding carboxylic acids is 3. The maximum atomic E-state index is 13.1. The Morgan fingerprint density at radius 1 is 1.07 bits per heavy atom. The van der Waals surface area contributed by atoms with Crippen LogP contribution in [0.3, 0.4) is 0 Å². The minimum absolute atomic E-state index is 0.0408. The van der Waals surface area contributed by atoms with Gasteiger partial charge in [-0.05, 0) is 48.6 Å². The number of amides is 2. The molecule has 1 aliphatic heterocycles. The molecule has 30 heavy (non-hydrogen) atoms. The van der Waals surface area contributed by atoms with Gasteiger partial charge >= 0.3 is 0 Å². The fourth-order valence-electron chi connectivity index (χ4n) is 4.37. The highest BCUT2D eigenvalue weighted by atomic mass is 16.2. The number of hydrogen-bond acceptors (Lipinski definition) is 4. The lowest BCUT2D eigenvalue weighted by atomic mass is 9.92. The number of nitrogens with zero attached hydrogens (tertiary/aromatic N) is 1. The van der Waals surface area contributed by atoms with Crippen LogP contribution in [0.15, 0.2) is 42.5 Å². The Hall–Kier alpha value is -2.73. The third-order valence-corrected chi connectivity index (χ3v) is 6.02. The molecule has 160 valence electrons. The smallest absolute Gasteiger partial charge is 0.227 e. The van der Waals surface area contributed by atoms with E-state index in [1.54, 1.807) is 4.90 Å². The average Bonchev–Trinajstić information content (AvgIpc) is 3.23. The minimum atomic E-state index is -0.486. The van der Waals surface area contributed by atoms with Crippen molar-refractivity contribution in [1.29, 1.82) is 0 Å². The molecule has 1 aliphatic rings. The maximum absolute atomic E-state index is 13.1. The van der Waals surface area contributed by atoms with Gasteiger partial charge in [0.2, 0.25) is 11.8 Å². The van der Waals surface area contributed by atoms with Crippen molar-refractivity contribution in [3.05, 3.63) is 48.0 Å². The number of hydrogen-bond donors (Lipinski definition) is 2. The van der Waals surface area contributed by atoms with Crippen LogP contribution in [0.4, 0.5) is 0 Å². The van der Waals surface area contributed by atoms with Crippen molar-refractivity contribution in [2.75, 3.05) is 13.1 Å². The lowest BCUT2D eigenvalue weighted by Gasteiger charge is -2.25. The van der Waals surface area contributed by atoms with Crippen molar-refractivity contribution < 1.29 is 14.4 Å². The predicted molar refractivity (Wildman–Crippen MR) is 118 cm³/mol. The van der Waals surface area contributed by atoms with Crippen molar-refractivity contribution in [1.82, 2.24) is 4.90 Å². The molecule has 2 atom stereocenters. The summed E-state index contributed by atoms with van der Waals surface area (Å²) in [5.41, 5.74) is 12.0. The summed E-state index contributed by atoms with van der Waals surface area (Å²) in [4.78, 5) is 39.5. The predicted octanol–water partition coefficient (Wildman–Crippen LogP) is 2.56. The second-order valence-electron chi connectivity index (χ2n) is 8.11. The Morgan fingerprint density at radius 3 is 2.60 bits per heavy atom. The Kier molecular flexibility index (Phi) is 7.57. The van der Waals surface area contributed by atoms with Gasteiger partial charge in [-0.25, -0.2) is 0 Å². The number of nitrogens with two attached hydrogens (primary N) is 2. The first kappa shape index (κ1) is 22.0. The lowest BCUT2D eigenvalue weighted by molar-refractivity contribution is -0.138. The summed E-state index contributed by atoms with van der Waals surface area (Å²) in [5, 5.41) is 2.16. The van der Waals surface area contributed by atoms with E-state index in [-0.39, 0.29) is 24.5 Å². The highest BCUT2D eigenvalue weighted by molar-refractivity contribution is 5.94. The molecule has 1 saturated heterocycles. The SMILES string of the molecule is NCCCC[C@H](CC(=O)[C@@H]1CCCN1C(=O)Cc1cccc2ccccc12)C(N)=O. The zero-order valence-electron chi connectivity index (χ0n) is 17.4. The number of Topliss-reactive ketones (excluding diaryl/α,β-unsaturated/α-hetero) is 1. The third-order valence-electron chi connectivity index (χ3n) is 6.02. The summed E-state index contributed by atoms with van der Waals surface area (Å²) in [6.07, 6.45) is 3.95. The van der Waals surface area contributed by atoms with E-state index in [4.69, 9.17) is 11.5 Å². The topological polar surface area (TPSA) is 106 Å². The Bertz CT molecular complexity index is 906. The molecule has 6 heteroatoms. The number of benzene rings is 2. The van der Waals surface area contributed by atoms with Crippen LogP contribution in [0.5, 0.6) is 0 Å². The van der Waals surface area contributed by atoms with E-state index in [1.165, 1.54) is 0 Å². The fraction of sp³-hybridized carbons (Fsp3) is 0.458. The van der Waals surface area contributed by atoms with Crippen LogP contribution in [0, 0.1) is 5.92 Å². The summed E-state index contributed by atoms with van der Waals surface area (Å²) in [7, 11) is 0. The monoisotopic (exact) mass is 409 g/mol. The number of fused-ring (bicyclic) bond motifs is 1. The largest absolute Gasteiger partial charge is 0.369 e. The van der Waals surface area contributed by atoms with E-state index in [1.807, 2.05) is 42.5 Å². The molecule has 0 spiro atoms. The molecule has 2 aromatic rings. The first-order valence-electron chi connectivity index (χ1n) is 10.8. The molecule has 0 aromatic heterocycles. The molecule has 0 unspecified atom stereocenters. The fourth-order valence-corrected chi connectivity index (χ4v) is 4.37. The number of ketones is 1. The van der Waals surface area contributed by atoms with Crippen molar-refractivity contribution in [2.24, 2.45) is 17.4 Å². The van der Waals surface area contributed by atoms with E-state index >= 15 is 0 Å². The normalized spacial score (nSPS) is 17.2. The molecule has 6 nitrogen and oxygen atoms in total. The summed E-state index contributed by atoms with van der Waals surface area (Å²) in [6.45, 7) is 1.13. The van der Waals surface area contributed by atoms with Crippen LogP contribution in [-0.4, -0.2) is 41.6 Å². The van der Waals surface area contributed by atoms with Crippen LogP contribution in [-0.2, 0) is 20.8 Å². The van der Waals surface area contributed by atoms with E-state index in [9.17, 15) is 14.4 Å². The number of carbonyl (C=O) groups is 3. The standard InChI is InChI=1S/C24H31N3O3/c25-13-4-3-8-19(24(26)30)15-22(28)21-12-6-14-27(21)23(29)16-18-10-5-9-17-7-1-2-11-20(17)18/h1-2,5,7,9-11,19,21H,3-4,6,8,12-16,25H2,(H2,26,30)/t19-,21+/m1/s1. The number of primary amides is 1. The van der Waals surface area contributed by atoms with E-state index in [0.29, 0.717) is 25.9 Å². The van der Waals surface area contributed by atoms with Crippen molar-refractivity contribution in [3.8, 4) is 0 Å². The van der Waals surface area contributed by atoms with Gasteiger partial charge in [0.05, 0.1) is 12.5 Å². The van der Waals surface area contributed by atoms with Gasteiger partial charge in [0.1, 0.15) is 0 Å². The minimum Gasteiger partial charge on any atom is -0.369 e. The van der Waals surface area contributed by atoms with Crippen molar-refractivity contribution >= 4 is 28.4 Å². The van der Waals surface area contributed by atoms with Gasteiger partial charge in [0, 0.05) is 18.9 Å². The Balaban J connectivity index is 1.67. The molecule has 0 aliphatic carbocycles. The number of rotatable bonds is 10. The molecule has 0 bridgehead atoms. The first-order valence-corrected chi connectivity index (χ1v) is 10.8. The second kappa shape index (κ2) is 10.3. The van der Waals surface area contributed by atoms with Gasteiger partial charge < -0.3 is 16.4 Å². The first-order chi connectivity index (χ1) is 14.5. The molecule has 3 rings (SSSR count). The molecule has 0 saturated carbocycles. The van der Waals surface area contributed by atoms with E-state index in [2.05, 4.69) is 0 Å². The van der Waals surface area contributed by atoms with Crippen molar-refractivity contribution in [3.63, 3.8) is 0 Å². The molecule has 2 aromatic carbocycles. The van der Waals surface area contributed by atoms with Gasteiger partial charge in [-0.1, -0.05) is 48.9 Å². The number of unbranched alkanes of at least 4 members (excludes halogenated alkanes) is 1. The zero-order valence-corrected chi connectivity index (χ0v) is 17.4. The average molecular weight is 410 g/mol. The highest BCUT2D eigenvalue weighted by Crippen LogP contribution is 2.25. The Morgan fingerprint density at radius 2 is 1.83 bits per heavy atom. The van der Waals surface area contributed by atoms with Gasteiger partial charge in [0.25, 0.3) is 0 Å². The molecule has 1 heterocycles. The second-order valence-corrected chi connectivity index (χ2v) is 8.11. The lowest BCUT2D eigenvalue weighted by Crippen LogP contribution is -2.42. The molecule has 1 fully saturated rings. The summed E-state index contributed by atoms with van der Waals surface area (Å²) < 4.78 is 0. The van der Waals surface area contributed by atoms with Gasteiger partial charge in [0.15, 0.2) is 5.78 Å². The maximum Gasteiger partial charge on any atom is 0.227 e. The van der Waals surface area contributed by atoms with Crippen LogP contribution >= 0.6 is 0 Å². The van der Waals surface area contributed by atoms with Gasteiger partial charge in [-0.15, -0.1) is 0 Å². The summed E-state index contributed by atoms with van der Waals surface area (Å²) >= 11 is 0. The molecule has 0 radical (unpaired) electrons. The molecule has 2 amide bonds. The van der Waals surface area contributed by atoms with Gasteiger partial charge in [-0.3, -0.25) is 14.4 Å². The Labute approximate surface area is 177 Å². The molecule has 4 N–H and O–H groups in total. The highest BCUT2D eigenvalue weighted by Gasteiger charge is 2.35. The zero-order chi connectivity index (χ0) is 21.5.